The molecule has 1 heterocycles. The Morgan fingerprint density at radius 1 is 1.40 bits per heavy atom. The number of nitrogens with zero attached hydrogens (tertiary/aromatic N) is 1. The lowest BCUT2D eigenvalue weighted by Gasteiger charge is -2.22. The van der Waals surface area contributed by atoms with E-state index >= 15 is 0 Å². The van der Waals surface area contributed by atoms with Crippen molar-refractivity contribution >= 4 is 27.6 Å². The fourth-order valence-electron chi connectivity index (χ4n) is 1.78. The Balaban J connectivity index is 2.29. The van der Waals surface area contributed by atoms with E-state index in [0.29, 0.717) is 5.69 Å². The van der Waals surface area contributed by atoms with Crippen LogP contribution < -0.4 is 10.0 Å². The number of carboxylic acids is 1. The van der Waals surface area contributed by atoms with Gasteiger partial charge in [0.05, 0.1) is 18.7 Å². The fourth-order valence-corrected chi connectivity index (χ4v) is 2.98. The van der Waals surface area contributed by atoms with E-state index in [2.05, 4.69) is 15.0 Å². The summed E-state index contributed by atoms with van der Waals surface area (Å²) in [5.74, 6) is -0.941. The molecule has 1 aromatic rings. The molecule has 1 aliphatic heterocycles. The summed E-state index contributed by atoms with van der Waals surface area (Å²) >= 11 is 0. The number of carboxylic acid groups (broad SMARTS) is 1. The van der Waals surface area contributed by atoms with Gasteiger partial charge in [0.1, 0.15) is 4.90 Å². The summed E-state index contributed by atoms with van der Waals surface area (Å²) in [6, 6.07) is 5.12. The molecule has 0 saturated heterocycles. The molecule has 8 heteroatoms. The van der Waals surface area contributed by atoms with Crippen LogP contribution in [0.2, 0.25) is 0 Å². The second-order valence-electron chi connectivity index (χ2n) is 4.29. The van der Waals surface area contributed by atoms with Gasteiger partial charge in [-0.15, -0.1) is 0 Å². The molecule has 0 spiro atoms. The Morgan fingerprint density at radius 3 is 2.80 bits per heavy atom. The Kier molecular flexibility index (Phi) is 3.93. The number of nitrogens with one attached hydrogen (secondary N) is 2. The number of carbonyl (C=O) groups is 1. The van der Waals surface area contributed by atoms with E-state index in [-0.39, 0.29) is 23.8 Å². The maximum absolute atomic E-state index is 12.1. The molecule has 0 bridgehead atoms. The zero-order valence-electron chi connectivity index (χ0n) is 10.9. The zero-order valence-corrected chi connectivity index (χ0v) is 11.7. The van der Waals surface area contributed by atoms with Crippen LogP contribution in [0.25, 0.3) is 0 Å². The normalized spacial score (nSPS) is 17.9. The lowest BCUT2D eigenvalue weighted by molar-refractivity contribution is -0.136. The van der Waals surface area contributed by atoms with Crippen LogP contribution in [0.5, 0.6) is 0 Å². The largest absolute Gasteiger partial charge is 0.481 e. The number of fused-ring (bicyclic) bond motifs is 1. The molecule has 1 aromatic carbocycles. The van der Waals surface area contributed by atoms with Crippen molar-refractivity contribution in [2.45, 2.75) is 24.7 Å². The minimum Gasteiger partial charge on any atom is -0.481 e. The topological polar surface area (TPSA) is 108 Å². The van der Waals surface area contributed by atoms with Crippen molar-refractivity contribution in [3.05, 3.63) is 23.8 Å². The van der Waals surface area contributed by atoms with Gasteiger partial charge in [0.2, 0.25) is 5.96 Å². The van der Waals surface area contributed by atoms with Crippen LogP contribution in [0, 0.1) is 0 Å². The van der Waals surface area contributed by atoms with E-state index in [1.807, 2.05) is 13.0 Å². The standard InChI is InChI=1S/C12H15N3O4S/c1-2-8-3-4-9-10(7-8)20(18,19)15-12(14-9)13-6-5-11(16)17/h3-4,7H,2,5-6H2,1H3,(H,16,17)(H2,13,14,15). The van der Waals surface area contributed by atoms with Crippen molar-refractivity contribution in [1.82, 2.24) is 4.72 Å². The number of sulfonamides is 1. The van der Waals surface area contributed by atoms with Gasteiger partial charge in [-0.05, 0) is 24.1 Å². The van der Waals surface area contributed by atoms with Crippen LogP contribution in [0.1, 0.15) is 18.9 Å². The van der Waals surface area contributed by atoms with Crippen molar-refractivity contribution < 1.29 is 18.3 Å². The Labute approximate surface area is 116 Å². The molecule has 0 aliphatic carbocycles. The van der Waals surface area contributed by atoms with E-state index in [9.17, 15) is 13.2 Å². The minimum absolute atomic E-state index is 0.00254. The number of aryl methyl sites for hydroxylation is 1. The van der Waals surface area contributed by atoms with Crippen LogP contribution in [0.15, 0.2) is 28.1 Å². The number of rotatable bonds is 4. The predicted octanol–water partition coefficient (Wildman–Crippen LogP) is 0.784. The average molecular weight is 297 g/mol. The lowest BCUT2D eigenvalue weighted by atomic mass is 10.1. The average Bonchev–Trinajstić information content (AvgIpc) is 2.37. The first-order valence-corrected chi connectivity index (χ1v) is 7.59. The number of aliphatic carboxylic acids is 1. The molecule has 2 rings (SSSR count). The highest BCUT2D eigenvalue weighted by atomic mass is 32.2. The van der Waals surface area contributed by atoms with Gasteiger partial charge in [0.15, 0.2) is 0 Å². The number of anilines is 1. The number of benzene rings is 1. The molecule has 7 nitrogen and oxygen atoms in total. The first-order chi connectivity index (χ1) is 9.42. The summed E-state index contributed by atoms with van der Waals surface area (Å²) in [5.41, 5.74) is 1.36. The number of hydrogen-bond donors (Lipinski definition) is 3. The van der Waals surface area contributed by atoms with Gasteiger partial charge in [-0.3, -0.25) is 9.79 Å². The molecule has 0 atom stereocenters. The smallest absolute Gasteiger partial charge is 0.305 e. The van der Waals surface area contributed by atoms with Gasteiger partial charge in [-0.25, -0.2) is 13.1 Å². The van der Waals surface area contributed by atoms with Crippen molar-refractivity contribution in [2.24, 2.45) is 4.99 Å². The van der Waals surface area contributed by atoms with Gasteiger partial charge in [0.25, 0.3) is 10.0 Å². The van der Waals surface area contributed by atoms with E-state index < -0.39 is 16.0 Å². The van der Waals surface area contributed by atoms with Gasteiger partial charge in [-0.1, -0.05) is 13.0 Å². The lowest BCUT2D eigenvalue weighted by Crippen LogP contribution is -2.41. The minimum atomic E-state index is -3.67. The van der Waals surface area contributed by atoms with E-state index in [1.54, 1.807) is 12.1 Å². The summed E-state index contributed by atoms with van der Waals surface area (Å²) in [7, 11) is -3.67. The zero-order chi connectivity index (χ0) is 14.8. The van der Waals surface area contributed by atoms with Crippen LogP contribution in [-0.2, 0) is 21.2 Å². The van der Waals surface area contributed by atoms with Gasteiger partial charge >= 0.3 is 5.97 Å². The van der Waals surface area contributed by atoms with Crippen molar-refractivity contribution in [2.75, 3.05) is 11.9 Å². The molecule has 0 saturated carbocycles. The number of guanidine groups is 1. The first kappa shape index (κ1) is 14.3. The van der Waals surface area contributed by atoms with E-state index in [0.717, 1.165) is 12.0 Å². The molecule has 0 unspecified atom stereocenters. The molecule has 108 valence electrons. The molecule has 1 aliphatic rings. The maximum Gasteiger partial charge on any atom is 0.305 e. The summed E-state index contributed by atoms with van der Waals surface area (Å²) in [4.78, 5) is 14.5. The number of hydrogen-bond acceptors (Lipinski definition) is 4. The SMILES string of the molecule is CCc1ccc2c(c1)S(=O)(=O)NC(=NCCC(=O)O)N2. The van der Waals surface area contributed by atoms with Crippen LogP contribution in [0.4, 0.5) is 5.69 Å². The maximum atomic E-state index is 12.1. The summed E-state index contributed by atoms with van der Waals surface area (Å²) in [5, 5.41) is 11.4. The first-order valence-electron chi connectivity index (χ1n) is 6.11. The second-order valence-corrected chi connectivity index (χ2v) is 5.94. The van der Waals surface area contributed by atoms with Crippen molar-refractivity contribution in [1.29, 1.82) is 0 Å². The van der Waals surface area contributed by atoms with Gasteiger partial charge in [0, 0.05) is 0 Å². The quantitative estimate of drug-likeness (QED) is 0.761. The van der Waals surface area contributed by atoms with E-state index in [1.165, 1.54) is 0 Å². The molecule has 0 amide bonds. The monoisotopic (exact) mass is 297 g/mol. The predicted molar refractivity (Wildman–Crippen MR) is 74.3 cm³/mol. The van der Waals surface area contributed by atoms with Crippen LogP contribution in [-0.4, -0.2) is 32.0 Å². The van der Waals surface area contributed by atoms with Gasteiger partial charge in [-0.2, -0.15) is 0 Å². The van der Waals surface area contributed by atoms with Crippen LogP contribution >= 0.6 is 0 Å². The molecule has 3 N–H and O–H groups in total. The molecule has 20 heavy (non-hydrogen) atoms. The third-order valence-corrected chi connectivity index (χ3v) is 4.20. The highest BCUT2D eigenvalue weighted by molar-refractivity contribution is 7.90. The molecule has 0 aromatic heterocycles. The Hall–Kier alpha value is -2.09. The summed E-state index contributed by atoms with van der Waals surface area (Å²) < 4.78 is 26.5. The molecule has 0 radical (unpaired) electrons. The Bertz CT molecular complexity index is 667. The van der Waals surface area contributed by atoms with Crippen molar-refractivity contribution in [3.63, 3.8) is 0 Å². The molecular formula is C12H15N3O4S. The third-order valence-electron chi connectivity index (χ3n) is 2.82. The van der Waals surface area contributed by atoms with Crippen LogP contribution in [0.3, 0.4) is 0 Å². The van der Waals surface area contributed by atoms with Crippen molar-refractivity contribution in [3.8, 4) is 0 Å². The van der Waals surface area contributed by atoms with E-state index in [4.69, 9.17) is 5.11 Å². The summed E-state index contributed by atoms with van der Waals surface area (Å²) in [6.07, 6.45) is 0.580. The highest BCUT2D eigenvalue weighted by Gasteiger charge is 2.26. The highest BCUT2D eigenvalue weighted by Crippen LogP contribution is 2.25. The number of aliphatic imine (C=N–C) groups is 1. The second kappa shape index (κ2) is 5.49. The van der Waals surface area contributed by atoms with Gasteiger partial charge < -0.3 is 10.4 Å². The molecule has 0 fully saturated rings. The summed E-state index contributed by atoms with van der Waals surface area (Å²) in [6.45, 7) is 1.94. The fraction of sp³-hybridized carbons (Fsp3) is 0.333. The Morgan fingerprint density at radius 2 is 2.15 bits per heavy atom. The molecular weight excluding hydrogens is 282 g/mol. The third kappa shape index (κ3) is 3.08.